The molecule has 2 aromatic rings. The second-order valence-electron chi connectivity index (χ2n) is 4.92. The zero-order valence-corrected chi connectivity index (χ0v) is 10.5. The smallest absolute Gasteiger partial charge is 0.0485 e. The standard InChI is InChI=1S/C14H20N2/c1-9-5-10(2)14-12(7-11(3)15)8-16(4)13(14)6-9/h5-6,8,11H,7,15H2,1-4H3. The molecule has 1 aromatic heterocycles. The summed E-state index contributed by atoms with van der Waals surface area (Å²) in [5.41, 5.74) is 11.2. The molecule has 0 aliphatic rings. The van der Waals surface area contributed by atoms with E-state index in [0.29, 0.717) is 0 Å². The van der Waals surface area contributed by atoms with Crippen LogP contribution in [-0.4, -0.2) is 10.6 Å². The maximum atomic E-state index is 5.90. The molecule has 0 radical (unpaired) electrons. The molecule has 0 aliphatic heterocycles. The number of hydrogen-bond acceptors (Lipinski definition) is 1. The van der Waals surface area contributed by atoms with Crippen LogP contribution in [0.2, 0.25) is 0 Å². The summed E-state index contributed by atoms with van der Waals surface area (Å²) in [4.78, 5) is 0. The summed E-state index contributed by atoms with van der Waals surface area (Å²) < 4.78 is 2.20. The normalized spacial score (nSPS) is 13.3. The predicted octanol–water partition coefficient (Wildman–Crippen LogP) is 2.68. The molecular formula is C14H20N2. The quantitative estimate of drug-likeness (QED) is 0.822. The van der Waals surface area contributed by atoms with Crippen LogP contribution in [0.4, 0.5) is 0 Å². The molecule has 0 amide bonds. The highest BCUT2D eigenvalue weighted by Gasteiger charge is 2.10. The summed E-state index contributed by atoms with van der Waals surface area (Å²) in [5, 5.41) is 1.38. The van der Waals surface area contributed by atoms with Crippen molar-refractivity contribution in [3.05, 3.63) is 35.0 Å². The Morgan fingerprint density at radius 1 is 1.31 bits per heavy atom. The maximum Gasteiger partial charge on any atom is 0.0485 e. The van der Waals surface area contributed by atoms with Gasteiger partial charge in [0.15, 0.2) is 0 Å². The lowest BCUT2D eigenvalue weighted by atomic mass is 10.0. The molecule has 0 fully saturated rings. The lowest BCUT2D eigenvalue weighted by Gasteiger charge is -2.06. The Morgan fingerprint density at radius 3 is 2.62 bits per heavy atom. The fourth-order valence-electron chi connectivity index (χ4n) is 2.51. The van der Waals surface area contributed by atoms with Gasteiger partial charge in [-0.05, 0) is 49.9 Å². The first-order chi connectivity index (χ1) is 7.49. The van der Waals surface area contributed by atoms with Crippen molar-refractivity contribution in [2.24, 2.45) is 12.8 Å². The van der Waals surface area contributed by atoms with Crippen molar-refractivity contribution in [3.63, 3.8) is 0 Å². The third-order valence-corrected chi connectivity index (χ3v) is 3.05. The summed E-state index contributed by atoms with van der Waals surface area (Å²) >= 11 is 0. The van der Waals surface area contributed by atoms with Crippen molar-refractivity contribution in [1.29, 1.82) is 0 Å². The Bertz CT molecular complexity index is 521. The van der Waals surface area contributed by atoms with Crippen LogP contribution < -0.4 is 5.73 Å². The van der Waals surface area contributed by atoms with Gasteiger partial charge in [-0.1, -0.05) is 6.07 Å². The van der Waals surface area contributed by atoms with Gasteiger partial charge in [0.2, 0.25) is 0 Å². The number of fused-ring (bicyclic) bond motifs is 1. The van der Waals surface area contributed by atoms with Gasteiger partial charge in [-0.15, -0.1) is 0 Å². The number of benzene rings is 1. The van der Waals surface area contributed by atoms with Crippen molar-refractivity contribution in [2.75, 3.05) is 0 Å². The molecule has 1 heterocycles. The first kappa shape index (κ1) is 11.2. The molecule has 0 saturated heterocycles. The minimum atomic E-state index is 0.214. The Hall–Kier alpha value is -1.28. The van der Waals surface area contributed by atoms with Crippen molar-refractivity contribution in [2.45, 2.75) is 33.2 Å². The average molecular weight is 216 g/mol. The van der Waals surface area contributed by atoms with Gasteiger partial charge in [-0.2, -0.15) is 0 Å². The van der Waals surface area contributed by atoms with Crippen LogP contribution in [0.3, 0.4) is 0 Å². The maximum absolute atomic E-state index is 5.90. The van der Waals surface area contributed by atoms with Crippen LogP contribution in [0.1, 0.15) is 23.6 Å². The van der Waals surface area contributed by atoms with Gasteiger partial charge < -0.3 is 10.3 Å². The minimum absolute atomic E-state index is 0.214. The number of nitrogens with zero attached hydrogens (tertiary/aromatic N) is 1. The Kier molecular flexibility index (Phi) is 2.76. The van der Waals surface area contributed by atoms with E-state index in [1.54, 1.807) is 0 Å². The lowest BCUT2D eigenvalue weighted by Crippen LogP contribution is -2.17. The number of nitrogens with two attached hydrogens (primary N) is 1. The third kappa shape index (κ3) is 1.85. The van der Waals surface area contributed by atoms with Crippen LogP contribution >= 0.6 is 0 Å². The first-order valence-corrected chi connectivity index (χ1v) is 5.79. The first-order valence-electron chi connectivity index (χ1n) is 5.79. The molecule has 1 unspecified atom stereocenters. The van der Waals surface area contributed by atoms with Gasteiger partial charge in [-0.3, -0.25) is 0 Å². The highest BCUT2D eigenvalue weighted by molar-refractivity contribution is 5.87. The molecule has 0 spiro atoms. The molecule has 16 heavy (non-hydrogen) atoms. The van der Waals surface area contributed by atoms with E-state index in [2.05, 4.69) is 50.7 Å². The van der Waals surface area contributed by atoms with Crippen LogP contribution in [0.5, 0.6) is 0 Å². The van der Waals surface area contributed by atoms with E-state index in [9.17, 15) is 0 Å². The molecule has 0 saturated carbocycles. The van der Waals surface area contributed by atoms with Crippen molar-refractivity contribution < 1.29 is 0 Å². The second kappa shape index (κ2) is 3.95. The van der Waals surface area contributed by atoms with E-state index in [4.69, 9.17) is 5.73 Å². The van der Waals surface area contributed by atoms with Crippen LogP contribution in [-0.2, 0) is 13.5 Å². The van der Waals surface area contributed by atoms with Gasteiger partial charge in [0.25, 0.3) is 0 Å². The monoisotopic (exact) mass is 216 g/mol. The minimum Gasteiger partial charge on any atom is -0.350 e. The van der Waals surface area contributed by atoms with E-state index >= 15 is 0 Å². The molecule has 2 heteroatoms. The molecule has 2 rings (SSSR count). The van der Waals surface area contributed by atoms with Crippen molar-refractivity contribution >= 4 is 10.9 Å². The van der Waals surface area contributed by atoms with Crippen molar-refractivity contribution in [1.82, 2.24) is 4.57 Å². The lowest BCUT2D eigenvalue weighted by molar-refractivity contribution is 0.738. The predicted molar refractivity (Wildman–Crippen MR) is 69.7 cm³/mol. The van der Waals surface area contributed by atoms with Gasteiger partial charge in [-0.25, -0.2) is 0 Å². The van der Waals surface area contributed by atoms with E-state index in [-0.39, 0.29) is 6.04 Å². The summed E-state index contributed by atoms with van der Waals surface area (Å²) in [7, 11) is 2.10. The highest BCUT2D eigenvalue weighted by atomic mass is 14.9. The molecule has 0 bridgehead atoms. The summed E-state index contributed by atoms with van der Waals surface area (Å²) in [6.45, 7) is 6.38. The summed E-state index contributed by atoms with van der Waals surface area (Å²) in [6, 6.07) is 4.70. The topological polar surface area (TPSA) is 30.9 Å². The highest BCUT2D eigenvalue weighted by Crippen LogP contribution is 2.26. The van der Waals surface area contributed by atoms with E-state index in [0.717, 1.165) is 6.42 Å². The van der Waals surface area contributed by atoms with Crippen LogP contribution in [0.15, 0.2) is 18.3 Å². The number of hydrogen-bond donors (Lipinski definition) is 1. The molecule has 1 atom stereocenters. The number of aromatic nitrogens is 1. The largest absolute Gasteiger partial charge is 0.350 e. The van der Waals surface area contributed by atoms with Gasteiger partial charge >= 0.3 is 0 Å². The molecule has 2 N–H and O–H groups in total. The van der Waals surface area contributed by atoms with Crippen LogP contribution in [0.25, 0.3) is 10.9 Å². The van der Waals surface area contributed by atoms with E-state index < -0.39 is 0 Å². The van der Waals surface area contributed by atoms with Gasteiger partial charge in [0.1, 0.15) is 0 Å². The Labute approximate surface area is 97.1 Å². The fraction of sp³-hybridized carbons (Fsp3) is 0.429. The molecular weight excluding hydrogens is 196 g/mol. The van der Waals surface area contributed by atoms with E-state index in [1.807, 2.05) is 0 Å². The second-order valence-corrected chi connectivity index (χ2v) is 4.92. The number of rotatable bonds is 2. The fourth-order valence-corrected chi connectivity index (χ4v) is 2.51. The molecule has 0 aliphatic carbocycles. The van der Waals surface area contributed by atoms with Crippen LogP contribution in [0, 0.1) is 13.8 Å². The van der Waals surface area contributed by atoms with Crippen molar-refractivity contribution in [3.8, 4) is 0 Å². The molecule has 86 valence electrons. The average Bonchev–Trinajstić information content (AvgIpc) is 2.42. The van der Waals surface area contributed by atoms with Gasteiger partial charge in [0.05, 0.1) is 0 Å². The van der Waals surface area contributed by atoms with Gasteiger partial charge in [0, 0.05) is 30.2 Å². The Balaban J connectivity index is 2.68. The van der Waals surface area contributed by atoms with E-state index in [1.165, 1.54) is 27.6 Å². The third-order valence-electron chi connectivity index (χ3n) is 3.05. The summed E-state index contributed by atoms with van der Waals surface area (Å²) in [5.74, 6) is 0. The molecule has 2 nitrogen and oxygen atoms in total. The Morgan fingerprint density at radius 2 is 2.00 bits per heavy atom. The zero-order chi connectivity index (χ0) is 11.9. The zero-order valence-electron chi connectivity index (χ0n) is 10.5. The SMILES string of the molecule is Cc1cc(C)c2c(CC(C)N)cn(C)c2c1. The molecule has 1 aromatic carbocycles. The summed E-state index contributed by atoms with van der Waals surface area (Å²) in [6.07, 6.45) is 3.15. The number of aryl methyl sites for hydroxylation is 3.